The number of nitrogens with two attached hydrogens (primary N) is 1. The molecule has 0 unspecified atom stereocenters. The van der Waals surface area contributed by atoms with Gasteiger partial charge in [-0.2, -0.15) is 0 Å². The van der Waals surface area contributed by atoms with Gasteiger partial charge in [0.25, 0.3) is 0 Å². The van der Waals surface area contributed by atoms with Crippen LogP contribution in [-0.2, 0) is 11.2 Å². The van der Waals surface area contributed by atoms with Crippen LogP contribution in [0, 0.1) is 6.92 Å². The Balaban J connectivity index is 0.00000144. The number of halogens is 1. The van der Waals surface area contributed by atoms with Crippen molar-refractivity contribution in [3.63, 3.8) is 0 Å². The van der Waals surface area contributed by atoms with Crippen LogP contribution in [0.15, 0.2) is 18.2 Å². The molecule has 1 amide bonds. The number of hydrogen-bond donors (Lipinski definition) is 1. The molecule has 1 aliphatic rings. The summed E-state index contributed by atoms with van der Waals surface area (Å²) in [6.07, 6.45) is 2.56. The maximum atomic E-state index is 11.9. The van der Waals surface area contributed by atoms with Crippen LogP contribution in [0.4, 0.5) is 5.69 Å². The van der Waals surface area contributed by atoms with Crippen molar-refractivity contribution in [1.82, 2.24) is 0 Å². The molecule has 3 nitrogen and oxygen atoms in total. The largest absolute Gasteiger partial charge is 0.330 e. The Morgan fingerprint density at radius 1 is 1.47 bits per heavy atom. The summed E-state index contributed by atoms with van der Waals surface area (Å²) in [5, 5.41) is 0. The summed E-state index contributed by atoms with van der Waals surface area (Å²) in [6, 6.07) is 6.29. The lowest BCUT2D eigenvalue weighted by Gasteiger charge is -2.29. The molecule has 1 aromatic rings. The van der Waals surface area contributed by atoms with Gasteiger partial charge in [-0.05, 0) is 31.4 Å². The van der Waals surface area contributed by atoms with Crippen LogP contribution in [0.3, 0.4) is 0 Å². The topological polar surface area (TPSA) is 46.3 Å². The minimum Gasteiger partial charge on any atom is -0.330 e. The highest BCUT2D eigenvalue weighted by Crippen LogP contribution is 2.28. The number of nitrogens with zero attached hydrogens (tertiary/aromatic N) is 1. The van der Waals surface area contributed by atoms with Gasteiger partial charge in [0.2, 0.25) is 5.91 Å². The lowest BCUT2D eigenvalue weighted by molar-refractivity contribution is -0.118. The van der Waals surface area contributed by atoms with Crippen LogP contribution in [-0.4, -0.2) is 19.0 Å². The Labute approximate surface area is 108 Å². The van der Waals surface area contributed by atoms with E-state index >= 15 is 0 Å². The summed E-state index contributed by atoms with van der Waals surface area (Å²) >= 11 is 0. The number of fused-ring (bicyclic) bond motifs is 1. The molecule has 1 aliphatic heterocycles. The number of anilines is 1. The third-order valence-electron chi connectivity index (χ3n) is 3.01. The normalized spacial score (nSPS) is 13.9. The van der Waals surface area contributed by atoms with E-state index in [0.29, 0.717) is 13.0 Å². The van der Waals surface area contributed by atoms with E-state index in [1.54, 1.807) is 0 Å². The molecule has 0 aliphatic carbocycles. The molecule has 4 heteroatoms. The highest BCUT2D eigenvalue weighted by atomic mass is 35.5. The van der Waals surface area contributed by atoms with Crippen LogP contribution in [0.1, 0.15) is 24.0 Å². The Hall–Kier alpha value is -1.06. The van der Waals surface area contributed by atoms with Gasteiger partial charge < -0.3 is 10.6 Å². The monoisotopic (exact) mass is 254 g/mol. The number of aryl methyl sites for hydroxylation is 2. The molecule has 0 bridgehead atoms. The number of carbonyl (C=O) groups excluding carboxylic acids is 1. The minimum atomic E-state index is 0. The van der Waals surface area contributed by atoms with Crippen molar-refractivity contribution < 1.29 is 4.79 Å². The van der Waals surface area contributed by atoms with Crippen molar-refractivity contribution in [3.8, 4) is 0 Å². The number of rotatable bonds is 2. The Morgan fingerprint density at radius 2 is 2.24 bits per heavy atom. The highest BCUT2D eigenvalue weighted by Gasteiger charge is 2.21. The lowest BCUT2D eigenvalue weighted by Crippen LogP contribution is -2.36. The van der Waals surface area contributed by atoms with E-state index in [0.717, 1.165) is 25.1 Å². The van der Waals surface area contributed by atoms with Crippen molar-refractivity contribution in [2.24, 2.45) is 5.73 Å². The molecule has 1 aromatic carbocycles. The van der Waals surface area contributed by atoms with Crippen LogP contribution in [0.25, 0.3) is 0 Å². The first-order chi connectivity index (χ1) is 7.72. The maximum Gasteiger partial charge on any atom is 0.228 e. The first-order valence-electron chi connectivity index (χ1n) is 5.82. The molecule has 0 saturated carbocycles. The minimum absolute atomic E-state index is 0. The fraction of sp³-hybridized carbons (Fsp3) is 0.462. The number of carbonyl (C=O) groups is 1. The highest BCUT2D eigenvalue weighted by molar-refractivity contribution is 5.94. The number of benzene rings is 1. The molecule has 94 valence electrons. The molecule has 0 radical (unpaired) electrons. The van der Waals surface area contributed by atoms with Crippen molar-refractivity contribution in [2.45, 2.75) is 26.2 Å². The van der Waals surface area contributed by atoms with Crippen molar-refractivity contribution in [1.29, 1.82) is 0 Å². The van der Waals surface area contributed by atoms with Gasteiger partial charge in [0, 0.05) is 25.2 Å². The van der Waals surface area contributed by atoms with Gasteiger partial charge in [-0.1, -0.05) is 17.7 Å². The van der Waals surface area contributed by atoms with Gasteiger partial charge in [0.15, 0.2) is 0 Å². The molecule has 1 heterocycles. The van der Waals surface area contributed by atoms with E-state index < -0.39 is 0 Å². The van der Waals surface area contributed by atoms with E-state index in [9.17, 15) is 4.79 Å². The van der Waals surface area contributed by atoms with Gasteiger partial charge in [-0.25, -0.2) is 0 Å². The van der Waals surface area contributed by atoms with Gasteiger partial charge in [0.1, 0.15) is 0 Å². The van der Waals surface area contributed by atoms with Crippen LogP contribution in [0.5, 0.6) is 0 Å². The summed E-state index contributed by atoms with van der Waals surface area (Å²) in [6.45, 7) is 3.34. The zero-order chi connectivity index (χ0) is 11.5. The van der Waals surface area contributed by atoms with Crippen LogP contribution in [0.2, 0.25) is 0 Å². The first kappa shape index (κ1) is 14.0. The standard InChI is InChI=1S/C13H18N2O.ClH/c1-10-4-5-12-11(9-10)3-2-8-15(12)13(16)6-7-14;/h4-5,9H,2-3,6-8,14H2,1H3;1H. The molecule has 2 N–H and O–H groups in total. The van der Waals surface area contributed by atoms with E-state index in [2.05, 4.69) is 25.1 Å². The summed E-state index contributed by atoms with van der Waals surface area (Å²) in [5.74, 6) is 0.146. The maximum absolute atomic E-state index is 11.9. The first-order valence-corrected chi connectivity index (χ1v) is 5.82. The zero-order valence-corrected chi connectivity index (χ0v) is 10.9. The van der Waals surface area contributed by atoms with Gasteiger partial charge in [-0.3, -0.25) is 4.79 Å². The smallest absolute Gasteiger partial charge is 0.228 e. The molecular formula is C13H19ClN2O. The summed E-state index contributed by atoms with van der Waals surface area (Å²) < 4.78 is 0. The molecule has 0 spiro atoms. The Morgan fingerprint density at radius 3 is 2.94 bits per heavy atom. The lowest BCUT2D eigenvalue weighted by atomic mass is 9.99. The molecule has 0 saturated heterocycles. The van der Waals surface area contributed by atoms with Crippen LogP contribution >= 0.6 is 12.4 Å². The summed E-state index contributed by atoms with van der Waals surface area (Å²) in [4.78, 5) is 13.8. The van der Waals surface area contributed by atoms with E-state index in [1.807, 2.05) is 4.90 Å². The van der Waals surface area contributed by atoms with Crippen molar-refractivity contribution >= 4 is 24.0 Å². The average Bonchev–Trinajstić information content (AvgIpc) is 2.28. The predicted molar refractivity (Wildman–Crippen MR) is 72.8 cm³/mol. The number of amides is 1. The number of hydrogen-bond acceptors (Lipinski definition) is 2. The van der Waals surface area contributed by atoms with Crippen molar-refractivity contribution in [2.75, 3.05) is 18.0 Å². The second-order valence-electron chi connectivity index (χ2n) is 4.32. The molecule has 0 atom stereocenters. The summed E-state index contributed by atoms with van der Waals surface area (Å²) in [5.41, 5.74) is 9.06. The molecule has 0 fully saturated rings. The van der Waals surface area contributed by atoms with Gasteiger partial charge in [-0.15, -0.1) is 12.4 Å². The SMILES string of the molecule is Cc1ccc2c(c1)CCCN2C(=O)CCN.Cl. The molecular weight excluding hydrogens is 236 g/mol. The fourth-order valence-corrected chi connectivity index (χ4v) is 2.24. The average molecular weight is 255 g/mol. The van der Waals surface area contributed by atoms with E-state index in [4.69, 9.17) is 5.73 Å². The van der Waals surface area contributed by atoms with Crippen molar-refractivity contribution in [3.05, 3.63) is 29.3 Å². The van der Waals surface area contributed by atoms with Gasteiger partial charge in [0.05, 0.1) is 0 Å². The second-order valence-corrected chi connectivity index (χ2v) is 4.32. The molecule has 17 heavy (non-hydrogen) atoms. The molecule has 0 aromatic heterocycles. The Bertz CT molecular complexity index is 406. The molecule has 2 rings (SSSR count). The third-order valence-corrected chi connectivity index (χ3v) is 3.01. The van der Waals surface area contributed by atoms with Crippen LogP contribution < -0.4 is 10.6 Å². The second kappa shape index (κ2) is 6.03. The van der Waals surface area contributed by atoms with E-state index in [1.165, 1.54) is 11.1 Å². The van der Waals surface area contributed by atoms with Gasteiger partial charge >= 0.3 is 0 Å². The quantitative estimate of drug-likeness (QED) is 0.878. The third kappa shape index (κ3) is 2.99. The zero-order valence-electron chi connectivity index (χ0n) is 10.1. The Kier molecular flexibility index (Phi) is 4.97. The van der Waals surface area contributed by atoms with E-state index in [-0.39, 0.29) is 18.3 Å². The summed E-state index contributed by atoms with van der Waals surface area (Å²) in [7, 11) is 0. The fourth-order valence-electron chi connectivity index (χ4n) is 2.24. The predicted octanol–water partition coefficient (Wildman–Crippen LogP) is 2.04.